The highest BCUT2D eigenvalue weighted by molar-refractivity contribution is 9.11. The Labute approximate surface area is 127 Å². The van der Waals surface area contributed by atoms with E-state index in [4.69, 9.17) is 0 Å². The molecule has 19 heavy (non-hydrogen) atoms. The lowest BCUT2D eigenvalue weighted by atomic mass is 10.0. The van der Waals surface area contributed by atoms with E-state index in [9.17, 15) is 4.79 Å². The Bertz CT molecular complexity index is 445. The van der Waals surface area contributed by atoms with Gasteiger partial charge in [0.2, 0.25) is 0 Å². The van der Waals surface area contributed by atoms with Crippen molar-refractivity contribution < 1.29 is 4.79 Å². The number of hydrogen-bond donors (Lipinski definition) is 0. The number of carbonyl (C=O) groups excluding carboxylic acids is 1. The molecule has 3 nitrogen and oxygen atoms in total. The highest BCUT2D eigenvalue weighted by Crippen LogP contribution is 2.23. The molecule has 0 bridgehead atoms. The van der Waals surface area contributed by atoms with E-state index < -0.39 is 0 Å². The number of rotatable bonds is 3. The number of halogens is 1. The van der Waals surface area contributed by atoms with Crippen molar-refractivity contribution >= 4 is 33.0 Å². The zero-order chi connectivity index (χ0) is 14.0. The molecule has 1 aromatic heterocycles. The summed E-state index contributed by atoms with van der Waals surface area (Å²) < 4.78 is 1.02. The molecule has 0 aliphatic carbocycles. The van der Waals surface area contributed by atoms with Crippen LogP contribution in [-0.2, 0) is 0 Å². The van der Waals surface area contributed by atoms with E-state index in [0.29, 0.717) is 6.54 Å². The van der Waals surface area contributed by atoms with Crippen molar-refractivity contribution in [3.63, 3.8) is 0 Å². The summed E-state index contributed by atoms with van der Waals surface area (Å²) in [6.45, 7) is 11.3. The number of thiophene rings is 1. The quantitative estimate of drug-likeness (QED) is 0.787. The molecule has 1 saturated heterocycles. The van der Waals surface area contributed by atoms with Crippen LogP contribution in [0.3, 0.4) is 0 Å². The molecule has 0 aromatic carbocycles. The Morgan fingerprint density at radius 3 is 2.37 bits per heavy atom. The molecular formula is C14H21BrN2OS. The number of nitrogens with zero attached hydrogens (tertiary/aromatic N) is 2. The minimum absolute atomic E-state index is 0.231. The van der Waals surface area contributed by atoms with E-state index in [2.05, 4.69) is 46.5 Å². The lowest BCUT2D eigenvalue weighted by Gasteiger charge is -2.42. The van der Waals surface area contributed by atoms with Gasteiger partial charge in [-0.25, -0.2) is 0 Å². The lowest BCUT2D eigenvalue weighted by Crippen LogP contribution is -2.54. The summed E-state index contributed by atoms with van der Waals surface area (Å²) in [7, 11) is 0. The van der Waals surface area contributed by atoms with Gasteiger partial charge in [-0.2, -0.15) is 0 Å². The molecule has 0 unspecified atom stereocenters. The minimum atomic E-state index is 0.231. The third kappa shape index (κ3) is 4.12. The maximum absolute atomic E-state index is 12.1. The summed E-state index contributed by atoms with van der Waals surface area (Å²) in [5.74, 6) is 0.236. The van der Waals surface area contributed by atoms with Crippen LogP contribution in [0.25, 0.3) is 0 Å². The van der Waals surface area contributed by atoms with Crippen molar-refractivity contribution in [1.82, 2.24) is 9.80 Å². The normalized spacial score (nSPS) is 18.7. The molecule has 0 N–H and O–H groups in total. The van der Waals surface area contributed by atoms with Gasteiger partial charge in [0.25, 0.3) is 0 Å². The average Bonchev–Trinajstić information content (AvgIpc) is 2.75. The average molecular weight is 345 g/mol. The van der Waals surface area contributed by atoms with Gasteiger partial charge in [-0.15, -0.1) is 11.3 Å². The third-order valence-electron chi connectivity index (χ3n) is 3.54. The molecule has 106 valence electrons. The van der Waals surface area contributed by atoms with E-state index >= 15 is 0 Å². The van der Waals surface area contributed by atoms with E-state index in [1.165, 1.54) is 11.3 Å². The first kappa shape index (κ1) is 15.2. The summed E-state index contributed by atoms with van der Waals surface area (Å²) in [6.07, 6.45) is 0. The third-order valence-corrected chi connectivity index (χ3v) is 5.20. The van der Waals surface area contributed by atoms with E-state index in [1.807, 2.05) is 12.1 Å². The number of hydrogen-bond acceptors (Lipinski definition) is 4. The van der Waals surface area contributed by atoms with Gasteiger partial charge in [-0.3, -0.25) is 14.6 Å². The highest BCUT2D eigenvalue weighted by Gasteiger charge is 2.26. The molecule has 5 heteroatoms. The Hall–Kier alpha value is -0.230. The predicted octanol–water partition coefficient (Wildman–Crippen LogP) is 3.11. The Balaban J connectivity index is 1.84. The summed E-state index contributed by atoms with van der Waals surface area (Å²) in [5.41, 5.74) is 0.231. The summed E-state index contributed by atoms with van der Waals surface area (Å²) >= 11 is 4.92. The standard InChI is InChI=1S/C14H21BrN2OS/c1-14(2,3)17-8-6-16(7-9-17)10-11(18)12-4-5-13(15)19-12/h4-5H,6-10H2,1-3H3. The van der Waals surface area contributed by atoms with Crippen LogP contribution in [0.5, 0.6) is 0 Å². The van der Waals surface area contributed by atoms with Crippen molar-refractivity contribution in [3.05, 3.63) is 20.8 Å². The zero-order valence-electron chi connectivity index (χ0n) is 11.8. The van der Waals surface area contributed by atoms with Gasteiger partial charge in [-0.1, -0.05) is 0 Å². The molecule has 0 radical (unpaired) electrons. The van der Waals surface area contributed by atoms with Crippen molar-refractivity contribution in [3.8, 4) is 0 Å². The topological polar surface area (TPSA) is 23.6 Å². The molecular weight excluding hydrogens is 324 g/mol. The summed E-state index contributed by atoms with van der Waals surface area (Å²) in [4.78, 5) is 17.7. The van der Waals surface area contributed by atoms with Crippen molar-refractivity contribution in [1.29, 1.82) is 0 Å². The van der Waals surface area contributed by atoms with Crippen LogP contribution in [0.4, 0.5) is 0 Å². The Kier molecular flexibility index (Phi) is 4.82. The van der Waals surface area contributed by atoms with Crippen LogP contribution in [0, 0.1) is 0 Å². The van der Waals surface area contributed by atoms with Gasteiger partial charge in [0.1, 0.15) is 0 Å². The number of Topliss-reactive ketones (excluding diaryl/α,β-unsaturated/α-hetero) is 1. The van der Waals surface area contributed by atoms with E-state index in [0.717, 1.165) is 34.8 Å². The fraction of sp³-hybridized carbons (Fsp3) is 0.643. The van der Waals surface area contributed by atoms with Gasteiger partial charge in [0.05, 0.1) is 15.2 Å². The lowest BCUT2D eigenvalue weighted by molar-refractivity contribution is 0.0580. The maximum atomic E-state index is 12.1. The monoisotopic (exact) mass is 344 g/mol. The molecule has 1 fully saturated rings. The van der Waals surface area contributed by atoms with Crippen molar-refractivity contribution in [2.24, 2.45) is 0 Å². The van der Waals surface area contributed by atoms with E-state index in [1.54, 1.807) is 0 Å². The molecule has 2 rings (SSSR count). The molecule has 0 atom stereocenters. The molecule has 1 aliphatic rings. The molecule has 0 amide bonds. The van der Waals surface area contributed by atoms with Gasteiger partial charge in [-0.05, 0) is 48.8 Å². The maximum Gasteiger partial charge on any atom is 0.186 e. The van der Waals surface area contributed by atoms with Crippen molar-refractivity contribution in [2.45, 2.75) is 26.3 Å². The second kappa shape index (κ2) is 6.04. The van der Waals surface area contributed by atoms with Crippen LogP contribution in [0.2, 0.25) is 0 Å². The van der Waals surface area contributed by atoms with Gasteiger partial charge >= 0.3 is 0 Å². The first-order chi connectivity index (χ1) is 8.86. The molecule has 0 spiro atoms. The first-order valence-corrected chi connectivity index (χ1v) is 8.23. The van der Waals surface area contributed by atoms with Crippen LogP contribution in [-0.4, -0.2) is 53.8 Å². The van der Waals surface area contributed by atoms with E-state index in [-0.39, 0.29) is 11.3 Å². The second-order valence-corrected chi connectivity index (χ2v) is 8.42. The number of ketones is 1. The van der Waals surface area contributed by atoms with Gasteiger partial charge < -0.3 is 0 Å². The van der Waals surface area contributed by atoms with Crippen LogP contribution < -0.4 is 0 Å². The fourth-order valence-corrected chi connectivity index (χ4v) is 3.64. The molecule has 2 heterocycles. The summed E-state index contributed by atoms with van der Waals surface area (Å²) in [5, 5.41) is 0. The van der Waals surface area contributed by atoms with Gasteiger partial charge in [0.15, 0.2) is 5.78 Å². The van der Waals surface area contributed by atoms with Crippen molar-refractivity contribution in [2.75, 3.05) is 32.7 Å². The number of carbonyl (C=O) groups is 1. The van der Waals surface area contributed by atoms with Crippen LogP contribution in [0.15, 0.2) is 15.9 Å². The fourth-order valence-electron chi connectivity index (χ4n) is 2.32. The first-order valence-electron chi connectivity index (χ1n) is 6.62. The van der Waals surface area contributed by atoms with Crippen LogP contribution >= 0.6 is 27.3 Å². The largest absolute Gasteiger partial charge is 0.296 e. The predicted molar refractivity (Wildman–Crippen MR) is 84.1 cm³/mol. The molecule has 1 aliphatic heterocycles. The molecule has 0 saturated carbocycles. The smallest absolute Gasteiger partial charge is 0.186 e. The second-order valence-electron chi connectivity index (χ2n) is 5.96. The SMILES string of the molecule is CC(C)(C)N1CCN(CC(=O)c2ccc(Br)s2)CC1. The summed E-state index contributed by atoms with van der Waals surface area (Å²) in [6, 6.07) is 3.85. The number of piperazine rings is 1. The highest BCUT2D eigenvalue weighted by atomic mass is 79.9. The zero-order valence-corrected chi connectivity index (χ0v) is 14.2. The minimum Gasteiger partial charge on any atom is -0.296 e. The molecule has 1 aromatic rings. The van der Waals surface area contributed by atoms with Crippen LogP contribution in [0.1, 0.15) is 30.4 Å². The Morgan fingerprint density at radius 1 is 1.26 bits per heavy atom. The van der Waals surface area contributed by atoms with Gasteiger partial charge in [0, 0.05) is 31.7 Å². The Morgan fingerprint density at radius 2 is 1.89 bits per heavy atom.